The Morgan fingerprint density at radius 3 is 2.60 bits per heavy atom. The van der Waals surface area contributed by atoms with Crippen LogP contribution in [0.1, 0.15) is 23.9 Å². The first-order valence-corrected chi connectivity index (χ1v) is 11.4. The number of hydrogen-bond acceptors (Lipinski definition) is 7. The summed E-state index contributed by atoms with van der Waals surface area (Å²) in [5, 5.41) is 0.498. The molecule has 1 aliphatic heterocycles. The highest BCUT2D eigenvalue weighted by molar-refractivity contribution is 7.18. The molecular weight excluding hydrogens is 485 g/mol. The van der Waals surface area contributed by atoms with Gasteiger partial charge in [-0.2, -0.15) is 0 Å². The number of likely N-dealkylation sites (tertiary alicyclic amines) is 1. The number of para-hydroxylation sites is 2. The standard InChI is InChI=1S/C23H17F3N4O4S/c24-23(25,26)34-16-11-5-4-9-14(16)18-28-19(31)17-21(29-18)35-20(27-17)15-10-6-12-30(15)22(32)33-13-7-2-1-3-8-13/h1-5,7-9,11,15H,6,10,12H2,(H,28,29,31). The third kappa shape index (κ3) is 4.83. The van der Waals surface area contributed by atoms with E-state index < -0.39 is 29.8 Å². The van der Waals surface area contributed by atoms with Gasteiger partial charge in [0, 0.05) is 6.54 Å². The van der Waals surface area contributed by atoms with Crippen molar-refractivity contribution in [3.8, 4) is 22.9 Å². The molecule has 180 valence electrons. The first-order valence-electron chi connectivity index (χ1n) is 10.6. The molecule has 1 aliphatic rings. The van der Waals surface area contributed by atoms with Gasteiger partial charge >= 0.3 is 12.5 Å². The summed E-state index contributed by atoms with van der Waals surface area (Å²) in [4.78, 5) is 38.5. The second-order valence-electron chi connectivity index (χ2n) is 7.70. The molecule has 0 spiro atoms. The van der Waals surface area contributed by atoms with Crippen molar-refractivity contribution >= 4 is 27.8 Å². The fraction of sp³-hybridized carbons (Fsp3) is 0.217. The van der Waals surface area contributed by atoms with E-state index in [9.17, 15) is 22.8 Å². The highest BCUT2D eigenvalue weighted by Gasteiger charge is 2.35. The summed E-state index contributed by atoms with van der Waals surface area (Å²) in [5.41, 5.74) is -0.579. The lowest BCUT2D eigenvalue weighted by Crippen LogP contribution is -2.33. The number of nitrogens with zero attached hydrogens (tertiary/aromatic N) is 3. The zero-order chi connectivity index (χ0) is 24.6. The molecule has 2 aromatic heterocycles. The van der Waals surface area contributed by atoms with E-state index in [1.807, 2.05) is 6.07 Å². The number of alkyl halides is 3. The minimum absolute atomic E-state index is 0.0206. The second kappa shape index (κ2) is 9.02. The number of halogens is 3. The number of aromatic amines is 1. The molecule has 5 rings (SSSR count). The van der Waals surface area contributed by atoms with Crippen molar-refractivity contribution in [2.75, 3.05) is 6.54 Å². The van der Waals surface area contributed by atoms with E-state index in [-0.39, 0.29) is 21.7 Å². The van der Waals surface area contributed by atoms with Crippen LogP contribution in [0.15, 0.2) is 59.4 Å². The van der Waals surface area contributed by atoms with Crippen LogP contribution in [0.5, 0.6) is 11.5 Å². The van der Waals surface area contributed by atoms with E-state index in [0.717, 1.165) is 23.8 Å². The largest absolute Gasteiger partial charge is 0.573 e. The fourth-order valence-electron chi connectivity index (χ4n) is 3.88. The van der Waals surface area contributed by atoms with E-state index in [0.29, 0.717) is 23.7 Å². The number of hydrogen-bond donors (Lipinski definition) is 1. The fourth-order valence-corrected chi connectivity index (χ4v) is 4.97. The number of aromatic nitrogens is 3. The predicted molar refractivity (Wildman–Crippen MR) is 121 cm³/mol. The number of thiazole rings is 1. The Labute approximate surface area is 200 Å². The quantitative estimate of drug-likeness (QED) is 0.408. The maximum Gasteiger partial charge on any atom is 0.573 e. The summed E-state index contributed by atoms with van der Waals surface area (Å²) in [6, 6.07) is 13.7. The van der Waals surface area contributed by atoms with Crippen molar-refractivity contribution in [2.45, 2.75) is 25.2 Å². The molecule has 1 saturated heterocycles. The summed E-state index contributed by atoms with van der Waals surface area (Å²) in [6.45, 7) is 0.462. The predicted octanol–water partition coefficient (Wildman–Crippen LogP) is 5.28. The van der Waals surface area contributed by atoms with Crippen molar-refractivity contribution in [3.05, 3.63) is 70.0 Å². The van der Waals surface area contributed by atoms with Gasteiger partial charge in [0.1, 0.15) is 22.3 Å². The Balaban J connectivity index is 1.46. The Bertz CT molecular complexity index is 1440. The van der Waals surface area contributed by atoms with Crippen molar-refractivity contribution in [2.24, 2.45) is 0 Å². The molecule has 1 atom stereocenters. The van der Waals surface area contributed by atoms with Crippen LogP contribution in [0.4, 0.5) is 18.0 Å². The highest BCUT2D eigenvalue weighted by Crippen LogP contribution is 2.37. The molecule has 0 saturated carbocycles. The number of carbonyl (C=O) groups is 1. The van der Waals surface area contributed by atoms with Gasteiger partial charge in [0.25, 0.3) is 5.56 Å². The van der Waals surface area contributed by atoms with Crippen LogP contribution >= 0.6 is 11.3 Å². The third-order valence-corrected chi connectivity index (χ3v) is 6.43. The maximum absolute atomic E-state index is 12.8. The minimum Gasteiger partial charge on any atom is -0.410 e. The molecule has 2 aromatic carbocycles. The van der Waals surface area contributed by atoms with Crippen molar-refractivity contribution in [1.29, 1.82) is 0 Å². The van der Waals surface area contributed by atoms with E-state index in [1.54, 1.807) is 29.2 Å². The smallest absolute Gasteiger partial charge is 0.410 e. The zero-order valence-electron chi connectivity index (χ0n) is 17.9. The summed E-state index contributed by atoms with van der Waals surface area (Å²) in [6.07, 6.45) is -4.09. The van der Waals surface area contributed by atoms with Crippen LogP contribution in [-0.4, -0.2) is 38.9 Å². The van der Waals surface area contributed by atoms with Crippen LogP contribution in [0.25, 0.3) is 21.7 Å². The molecule has 35 heavy (non-hydrogen) atoms. The molecule has 0 bridgehead atoms. The highest BCUT2D eigenvalue weighted by atomic mass is 32.1. The number of nitrogens with one attached hydrogen (secondary N) is 1. The van der Waals surface area contributed by atoms with E-state index >= 15 is 0 Å². The van der Waals surface area contributed by atoms with Crippen molar-refractivity contribution in [3.63, 3.8) is 0 Å². The molecule has 8 nitrogen and oxygen atoms in total. The second-order valence-corrected chi connectivity index (χ2v) is 8.71. The molecule has 1 unspecified atom stereocenters. The number of carbonyl (C=O) groups excluding carboxylic acids is 1. The first kappa shape index (κ1) is 22.8. The Kier molecular flexibility index (Phi) is 5.89. The van der Waals surface area contributed by atoms with Gasteiger partial charge < -0.3 is 14.5 Å². The average molecular weight is 502 g/mol. The molecule has 4 aromatic rings. The summed E-state index contributed by atoms with van der Waals surface area (Å²) in [7, 11) is 0. The molecule has 0 aliphatic carbocycles. The van der Waals surface area contributed by atoms with Gasteiger partial charge in [0.2, 0.25) is 0 Å². The van der Waals surface area contributed by atoms with Crippen LogP contribution in [0.2, 0.25) is 0 Å². The number of fused-ring (bicyclic) bond motifs is 1. The van der Waals surface area contributed by atoms with Gasteiger partial charge in [-0.15, -0.1) is 13.2 Å². The van der Waals surface area contributed by atoms with E-state index in [4.69, 9.17) is 4.74 Å². The molecular formula is C23H17F3N4O4S. The van der Waals surface area contributed by atoms with Gasteiger partial charge in [-0.3, -0.25) is 9.69 Å². The molecule has 0 radical (unpaired) electrons. The van der Waals surface area contributed by atoms with Crippen molar-refractivity contribution in [1.82, 2.24) is 19.9 Å². The van der Waals surface area contributed by atoms with E-state index in [1.165, 1.54) is 18.2 Å². The Morgan fingerprint density at radius 2 is 1.83 bits per heavy atom. The van der Waals surface area contributed by atoms with E-state index in [2.05, 4.69) is 19.7 Å². The Hall–Kier alpha value is -3.93. The van der Waals surface area contributed by atoms with Gasteiger partial charge in [-0.25, -0.2) is 14.8 Å². The van der Waals surface area contributed by atoms with Crippen LogP contribution in [0, 0.1) is 0 Å². The molecule has 1 fully saturated rings. The number of benzene rings is 2. The molecule has 1 N–H and O–H groups in total. The average Bonchev–Trinajstić information content (AvgIpc) is 3.46. The SMILES string of the molecule is O=C(Oc1ccccc1)N1CCCC1c1nc2c(=O)[nH]c(-c3ccccc3OC(F)(F)F)nc2s1. The number of amides is 1. The van der Waals surface area contributed by atoms with Crippen LogP contribution in [-0.2, 0) is 0 Å². The van der Waals surface area contributed by atoms with Gasteiger partial charge in [-0.1, -0.05) is 41.7 Å². The topological polar surface area (TPSA) is 97.4 Å². The van der Waals surface area contributed by atoms with Crippen LogP contribution in [0.3, 0.4) is 0 Å². The molecule has 3 heterocycles. The first-order chi connectivity index (χ1) is 16.8. The lowest BCUT2D eigenvalue weighted by molar-refractivity contribution is -0.274. The summed E-state index contributed by atoms with van der Waals surface area (Å²) < 4.78 is 48.0. The maximum atomic E-state index is 12.8. The zero-order valence-corrected chi connectivity index (χ0v) is 18.7. The molecule has 1 amide bonds. The number of rotatable bonds is 4. The Morgan fingerprint density at radius 1 is 1.09 bits per heavy atom. The van der Waals surface area contributed by atoms with Gasteiger partial charge in [0.05, 0.1) is 11.6 Å². The minimum atomic E-state index is -4.90. The van der Waals surface area contributed by atoms with Gasteiger partial charge in [0.15, 0.2) is 10.3 Å². The third-order valence-electron chi connectivity index (χ3n) is 5.37. The monoisotopic (exact) mass is 502 g/mol. The van der Waals surface area contributed by atoms with Gasteiger partial charge in [-0.05, 0) is 37.1 Å². The lowest BCUT2D eigenvalue weighted by Gasteiger charge is -2.22. The lowest BCUT2D eigenvalue weighted by atomic mass is 10.2. The number of ether oxygens (including phenoxy) is 2. The van der Waals surface area contributed by atoms with Crippen LogP contribution < -0.4 is 15.0 Å². The summed E-state index contributed by atoms with van der Waals surface area (Å²) in [5.74, 6) is -0.155. The summed E-state index contributed by atoms with van der Waals surface area (Å²) >= 11 is 1.11. The van der Waals surface area contributed by atoms with Crippen molar-refractivity contribution < 1.29 is 27.4 Å². The number of H-pyrrole nitrogens is 1. The molecule has 12 heteroatoms. The normalized spacial score (nSPS) is 16.0.